The molecule has 0 aliphatic rings. The topological polar surface area (TPSA) is 0 Å². The van der Waals surface area contributed by atoms with E-state index in [0.717, 1.165) is 12.0 Å². The van der Waals surface area contributed by atoms with Crippen LogP contribution in [0.15, 0.2) is 36.0 Å². The lowest BCUT2D eigenvalue weighted by molar-refractivity contribution is 0.916. The first-order valence-electron chi connectivity index (χ1n) is 4.23. The van der Waals surface area contributed by atoms with E-state index in [1.54, 1.807) is 0 Å². The van der Waals surface area contributed by atoms with Crippen LogP contribution in [-0.4, -0.2) is 0 Å². The highest BCUT2D eigenvalue weighted by molar-refractivity contribution is 5.36. The molecule has 0 aromatic heterocycles. The van der Waals surface area contributed by atoms with E-state index in [-0.39, 0.29) is 0 Å². The van der Waals surface area contributed by atoms with E-state index < -0.39 is 0 Å². The largest absolute Gasteiger partial charge is 0.0915 e. The second-order valence-electron chi connectivity index (χ2n) is 2.59. The molecular weight excluding hydrogens is 132 g/mol. The van der Waals surface area contributed by atoms with Crippen molar-refractivity contribution in [3.05, 3.63) is 36.0 Å². The minimum Gasteiger partial charge on any atom is -0.0915 e. The van der Waals surface area contributed by atoms with Crippen molar-refractivity contribution in [3.63, 3.8) is 0 Å². The van der Waals surface area contributed by atoms with Gasteiger partial charge < -0.3 is 0 Å². The highest BCUT2D eigenvalue weighted by atomic mass is 14.0. The smallest absolute Gasteiger partial charge is 0.0279 e. The molecule has 0 saturated heterocycles. The molecule has 0 heterocycles. The third-order valence-corrected chi connectivity index (χ3v) is 1.65. The predicted octanol–water partition coefficient (Wildman–Crippen LogP) is 3.87. The Labute approximate surface area is 70.3 Å². The Morgan fingerprint density at radius 3 is 2.36 bits per heavy atom. The summed E-state index contributed by atoms with van der Waals surface area (Å²) in [5, 5.41) is 0. The van der Waals surface area contributed by atoms with Crippen molar-refractivity contribution < 1.29 is 0 Å². The summed E-state index contributed by atoms with van der Waals surface area (Å²) in [6, 6.07) is 0. The van der Waals surface area contributed by atoms with Gasteiger partial charge in [0.1, 0.15) is 0 Å². The maximum atomic E-state index is 3.98. The molecule has 0 fully saturated rings. The number of hydrogen-bond acceptors (Lipinski definition) is 0. The molecular formula is C11H18. The van der Waals surface area contributed by atoms with Gasteiger partial charge in [-0.2, -0.15) is 0 Å². The molecule has 0 aromatic rings. The van der Waals surface area contributed by atoms with Crippen molar-refractivity contribution in [1.29, 1.82) is 0 Å². The van der Waals surface area contributed by atoms with Gasteiger partial charge in [-0.25, -0.2) is 0 Å². The Bertz CT molecular complexity index is 170. The molecule has 0 nitrogen and oxygen atoms in total. The summed E-state index contributed by atoms with van der Waals surface area (Å²) in [5.41, 5.74) is 2.52. The van der Waals surface area contributed by atoms with Crippen molar-refractivity contribution in [2.45, 2.75) is 33.6 Å². The summed E-state index contributed by atoms with van der Waals surface area (Å²) in [7, 11) is 0. The number of rotatable bonds is 4. The van der Waals surface area contributed by atoms with Crippen LogP contribution in [0, 0.1) is 0 Å². The van der Waals surface area contributed by atoms with E-state index in [1.165, 1.54) is 12.0 Å². The van der Waals surface area contributed by atoms with Gasteiger partial charge in [-0.15, -0.1) is 0 Å². The first-order chi connectivity index (χ1) is 5.26. The Hall–Kier alpha value is -0.780. The van der Waals surface area contributed by atoms with E-state index >= 15 is 0 Å². The Balaban J connectivity index is 4.16. The van der Waals surface area contributed by atoms with Crippen LogP contribution in [-0.2, 0) is 0 Å². The van der Waals surface area contributed by atoms with Crippen LogP contribution in [0.1, 0.15) is 33.6 Å². The Morgan fingerprint density at radius 2 is 2.00 bits per heavy atom. The molecule has 0 unspecified atom stereocenters. The fourth-order valence-electron chi connectivity index (χ4n) is 1.07. The van der Waals surface area contributed by atoms with Gasteiger partial charge in [-0.3, -0.25) is 0 Å². The maximum absolute atomic E-state index is 3.98. The van der Waals surface area contributed by atoms with E-state index in [2.05, 4.69) is 32.6 Å². The first-order valence-corrected chi connectivity index (χ1v) is 4.23. The summed E-state index contributed by atoms with van der Waals surface area (Å²) in [6.45, 7) is 10.3. The van der Waals surface area contributed by atoms with Crippen LogP contribution in [0.5, 0.6) is 0 Å². The van der Waals surface area contributed by atoms with Gasteiger partial charge in [0.05, 0.1) is 0 Å². The summed E-state index contributed by atoms with van der Waals surface area (Å²) in [4.78, 5) is 0. The average Bonchev–Trinajstić information content (AvgIpc) is 2.00. The normalized spacial score (nSPS) is 12.5. The molecule has 0 rings (SSSR count). The molecule has 0 saturated carbocycles. The predicted molar refractivity (Wildman–Crippen MR) is 52.6 cm³/mol. The van der Waals surface area contributed by atoms with E-state index in [4.69, 9.17) is 0 Å². The zero-order valence-corrected chi connectivity index (χ0v) is 7.85. The zero-order chi connectivity index (χ0) is 8.69. The summed E-state index contributed by atoms with van der Waals surface area (Å²) < 4.78 is 0. The average molecular weight is 150 g/mol. The monoisotopic (exact) mass is 150 g/mol. The summed E-state index contributed by atoms with van der Waals surface area (Å²) in [5.74, 6) is 0. The molecule has 62 valence electrons. The fourth-order valence-corrected chi connectivity index (χ4v) is 1.07. The fraction of sp³-hybridized carbons (Fsp3) is 0.455. The molecule has 0 atom stereocenters. The molecule has 0 amide bonds. The molecule has 0 spiro atoms. The second kappa shape index (κ2) is 5.96. The van der Waals surface area contributed by atoms with Crippen molar-refractivity contribution >= 4 is 0 Å². The van der Waals surface area contributed by atoms with Crippen molar-refractivity contribution in [3.8, 4) is 0 Å². The van der Waals surface area contributed by atoms with E-state index in [1.807, 2.05) is 13.0 Å². The van der Waals surface area contributed by atoms with Crippen molar-refractivity contribution in [2.75, 3.05) is 0 Å². The molecule has 0 aliphatic carbocycles. The zero-order valence-electron chi connectivity index (χ0n) is 7.85. The number of allylic oxidation sites excluding steroid dienone is 5. The molecule has 0 heteroatoms. The van der Waals surface area contributed by atoms with Crippen LogP contribution < -0.4 is 0 Å². The minimum absolute atomic E-state index is 1.14. The van der Waals surface area contributed by atoms with Gasteiger partial charge in [-0.1, -0.05) is 38.2 Å². The van der Waals surface area contributed by atoms with E-state index in [9.17, 15) is 0 Å². The molecule has 11 heavy (non-hydrogen) atoms. The summed E-state index contributed by atoms with van der Waals surface area (Å²) >= 11 is 0. The summed E-state index contributed by atoms with van der Waals surface area (Å²) in [6.07, 6.45) is 8.56. The number of hydrogen-bond donors (Lipinski definition) is 0. The second-order valence-corrected chi connectivity index (χ2v) is 2.59. The molecule has 0 bridgehead atoms. The van der Waals surface area contributed by atoms with Gasteiger partial charge in [0.25, 0.3) is 0 Å². The van der Waals surface area contributed by atoms with Crippen LogP contribution >= 0.6 is 0 Å². The highest BCUT2D eigenvalue weighted by Gasteiger charge is 1.95. The first kappa shape index (κ1) is 10.2. The van der Waals surface area contributed by atoms with Gasteiger partial charge >= 0.3 is 0 Å². The standard InChI is InChI=1S/C11H18/c1-5-8-10(4)11(7-3)9-6-2/h5,7-8H,4,6,9H2,1-3H3/b8-5-,11-7-. The quantitative estimate of drug-likeness (QED) is 0.534. The van der Waals surface area contributed by atoms with E-state index in [0.29, 0.717) is 0 Å². The molecule has 0 radical (unpaired) electrons. The molecule has 0 aromatic carbocycles. The molecule has 0 aliphatic heterocycles. The SMILES string of the molecule is C=C(/C=C\C)/C(=C\C)CCC. The maximum Gasteiger partial charge on any atom is -0.0279 e. The molecule has 0 N–H and O–H groups in total. The van der Waals surface area contributed by atoms with Crippen LogP contribution in [0.3, 0.4) is 0 Å². The lowest BCUT2D eigenvalue weighted by Crippen LogP contribution is -1.83. The Morgan fingerprint density at radius 1 is 1.36 bits per heavy atom. The van der Waals surface area contributed by atoms with Gasteiger partial charge in [0.15, 0.2) is 0 Å². The Kier molecular flexibility index (Phi) is 5.54. The third kappa shape index (κ3) is 3.82. The lowest BCUT2D eigenvalue weighted by atomic mass is 10.0. The lowest BCUT2D eigenvalue weighted by Gasteiger charge is -2.03. The van der Waals surface area contributed by atoms with Crippen molar-refractivity contribution in [1.82, 2.24) is 0 Å². The third-order valence-electron chi connectivity index (χ3n) is 1.65. The minimum atomic E-state index is 1.14. The van der Waals surface area contributed by atoms with Crippen LogP contribution in [0.25, 0.3) is 0 Å². The van der Waals surface area contributed by atoms with Gasteiger partial charge in [-0.05, 0) is 31.4 Å². The van der Waals surface area contributed by atoms with Crippen molar-refractivity contribution in [2.24, 2.45) is 0 Å². The van der Waals surface area contributed by atoms with Crippen LogP contribution in [0.4, 0.5) is 0 Å². The van der Waals surface area contributed by atoms with Crippen LogP contribution in [0.2, 0.25) is 0 Å². The highest BCUT2D eigenvalue weighted by Crippen LogP contribution is 2.14. The van der Waals surface area contributed by atoms with Gasteiger partial charge in [0.2, 0.25) is 0 Å². The van der Waals surface area contributed by atoms with Gasteiger partial charge in [0, 0.05) is 0 Å².